The number of allylic oxidation sites excluding steroid dienone is 2. The number of hydrogen-bond acceptors (Lipinski definition) is 3. The van der Waals surface area contributed by atoms with Crippen LogP contribution < -0.4 is 5.32 Å². The maximum Gasteiger partial charge on any atom is 0.417 e. The molecule has 0 aromatic heterocycles. The molecule has 0 aliphatic carbocycles. The van der Waals surface area contributed by atoms with Crippen LogP contribution >= 0.6 is 0 Å². The summed E-state index contributed by atoms with van der Waals surface area (Å²) in [6.45, 7) is 3.44. The quantitative estimate of drug-likeness (QED) is 0.455. The lowest BCUT2D eigenvalue weighted by Crippen LogP contribution is -2.30. The van der Waals surface area contributed by atoms with Crippen LogP contribution in [-0.2, 0) is 4.74 Å². The molecule has 16 heavy (non-hydrogen) atoms. The lowest BCUT2D eigenvalue weighted by molar-refractivity contribution is 0.182. The van der Waals surface area contributed by atoms with Crippen molar-refractivity contribution in [3.05, 3.63) is 47.7 Å². The van der Waals surface area contributed by atoms with E-state index in [2.05, 4.69) is 5.32 Å². The van der Waals surface area contributed by atoms with Gasteiger partial charge in [-0.3, -0.25) is 10.7 Å². The van der Waals surface area contributed by atoms with Gasteiger partial charge in [0.15, 0.2) is 0 Å². The average Bonchev–Trinajstić information content (AvgIpc) is 2.29. The SMILES string of the molecule is C/C=C(/C)OC(=O)NC(=N)c1ccccc1. The summed E-state index contributed by atoms with van der Waals surface area (Å²) in [4.78, 5) is 11.3. The first-order chi connectivity index (χ1) is 7.63. The third-order valence-electron chi connectivity index (χ3n) is 1.95. The van der Waals surface area contributed by atoms with E-state index < -0.39 is 6.09 Å². The second kappa shape index (κ2) is 5.70. The van der Waals surface area contributed by atoms with Crippen molar-refractivity contribution in [3.63, 3.8) is 0 Å². The molecule has 84 valence electrons. The van der Waals surface area contributed by atoms with Gasteiger partial charge in [0.2, 0.25) is 0 Å². The van der Waals surface area contributed by atoms with E-state index >= 15 is 0 Å². The van der Waals surface area contributed by atoms with Gasteiger partial charge < -0.3 is 4.74 Å². The molecule has 0 radical (unpaired) electrons. The minimum Gasteiger partial charge on any atom is -0.415 e. The molecule has 1 rings (SSSR count). The van der Waals surface area contributed by atoms with Crippen LogP contribution in [0, 0.1) is 5.41 Å². The first kappa shape index (κ1) is 12.0. The molecule has 0 atom stereocenters. The van der Waals surface area contributed by atoms with Gasteiger partial charge in [0.05, 0.1) is 0 Å². The number of benzene rings is 1. The number of hydrogen-bond donors (Lipinski definition) is 2. The molecule has 0 bridgehead atoms. The maximum atomic E-state index is 11.3. The van der Waals surface area contributed by atoms with Crippen LogP contribution in [0.1, 0.15) is 19.4 Å². The Balaban J connectivity index is 2.56. The molecule has 4 heteroatoms. The average molecular weight is 218 g/mol. The molecule has 1 amide bonds. The summed E-state index contributed by atoms with van der Waals surface area (Å²) in [7, 11) is 0. The van der Waals surface area contributed by atoms with Gasteiger partial charge in [0.25, 0.3) is 0 Å². The van der Waals surface area contributed by atoms with Gasteiger partial charge in [-0.1, -0.05) is 30.3 Å². The van der Waals surface area contributed by atoms with Gasteiger partial charge in [-0.15, -0.1) is 0 Å². The van der Waals surface area contributed by atoms with Crippen molar-refractivity contribution in [1.29, 1.82) is 5.41 Å². The van der Waals surface area contributed by atoms with Crippen LogP contribution in [0.5, 0.6) is 0 Å². The third kappa shape index (κ3) is 3.57. The third-order valence-corrected chi connectivity index (χ3v) is 1.95. The highest BCUT2D eigenvalue weighted by atomic mass is 16.6. The Labute approximate surface area is 94.4 Å². The van der Waals surface area contributed by atoms with Gasteiger partial charge in [-0.2, -0.15) is 0 Å². The van der Waals surface area contributed by atoms with E-state index in [4.69, 9.17) is 10.1 Å². The Morgan fingerprint density at radius 3 is 2.56 bits per heavy atom. The molecular formula is C12H14N2O2. The number of rotatable bonds is 2. The summed E-state index contributed by atoms with van der Waals surface area (Å²) >= 11 is 0. The first-order valence-electron chi connectivity index (χ1n) is 4.89. The van der Waals surface area contributed by atoms with Crippen LogP contribution in [0.25, 0.3) is 0 Å². The Hall–Kier alpha value is -2.10. The Morgan fingerprint density at radius 1 is 1.38 bits per heavy atom. The minimum atomic E-state index is -0.649. The standard InChI is InChI=1S/C12H14N2O2/c1-3-9(2)16-12(15)14-11(13)10-7-5-4-6-8-10/h3-8H,1-2H3,(H2,13,14,15)/b9-3-. The summed E-state index contributed by atoms with van der Waals surface area (Å²) in [6, 6.07) is 8.93. The molecule has 2 N–H and O–H groups in total. The Kier molecular flexibility index (Phi) is 4.27. The lowest BCUT2D eigenvalue weighted by atomic mass is 10.2. The van der Waals surface area contributed by atoms with E-state index in [1.165, 1.54) is 0 Å². The molecule has 0 fully saturated rings. The summed E-state index contributed by atoms with van der Waals surface area (Å²) < 4.78 is 4.86. The lowest BCUT2D eigenvalue weighted by Gasteiger charge is -2.07. The minimum absolute atomic E-state index is 0.0227. The van der Waals surface area contributed by atoms with Crippen molar-refractivity contribution >= 4 is 11.9 Å². The highest BCUT2D eigenvalue weighted by Crippen LogP contribution is 1.99. The number of carbonyl (C=O) groups is 1. The Bertz CT molecular complexity index is 410. The van der Waals surface area contributed by atoms with Gasteiger partial charge in [-0.25, -0.2) is 4.79 Å². The molecule has 1 aromatic rings. The zero-order valence-corrected chi connectivity index (χ0v) is 9.28. The fourth-order valence-corrected chi connectivity index (χ4v) is 1.01. The maximum absolute atomic E-state index is 11.3. The molecule has 0 saturated heterocycles. The van der Waals surface area contributed by atoms with E-state index in [0.717, 1.165) is 0 Å². The number of amidine groups is 1. The van der Waals surface area contributed by atoms with Gasteiger partial charge in [-0.05, 0) is 19.9 Å². The van der Waals surface area contributed by atoms with Crippen LogP contribution in [0.3, 0.4) is 0 Å². The fourth-order valence-electron chi connectivity index (χ4n) is 1.01. The zero-order chi connectivity index (χ0) is 12.0. The molecule has 0 unspecified atom stereocenters. The smallest absolute Gasteiger partial charge is 0.415 e. The van der Waals surface area contributed by atoms with E-state index in [9.17, 15) is 4.79 Å². The van der Waals surface area contributed by atoms with Crippen LogP contribution in [0.4, 0.5) is 4.79 Å². The van der Waals surface area contributed by atoms with Crippen molar-refractivity contribution in [2.45, 2.75) is 13.8 Å². The number of ether oxygens (including phenoxy) is 1. The number of nitrogens with one attached hydrogen (secondary N) is 2. The number of carbonyl (C=O) groups excluding carboxylic acids is 1. The monoisotopic (exact) mass is 218 g/mol. The molecule has 1 aromatic carbocycles. The second-order valence-corrected chi connectivity index (χ2v) is 3.15. The summed E-state index contributed by atoms with van der Waals surface area (Å²) in [5, 5.41) is 9.97. The second-order valence-electron chi connectivity index (χ2n) is 3.15. The molecule has 0 heterocycles. The fraction of sp³-hybridized carbons (Fsp3) is 0.167. The number of amides is 1. The topological polar surface area (TPSA) is 62.2 Å². The Morgan fingerprint density at radius 2 is 2.00 bits per heavy atom. The summed E-state index contributed by atoms with van der Waals surface area (Å²) in [5.74, 6) is 0.521. The molecule has 0 aliphatic heterocycles. The van der Waals surface area contributed by atoms with Crippen molar-refractivity contribution in [2.24, 2.45) is 0 Å². The highest BCUT2D eigenvalue weighted by Gasteiger charge is 2.07. The van der Waals surface area contributed by atoms with Crippen molar-refractivity contribution in [2.75, 3.05) is 0 Å². The van der Waals surface area contributed by atoms with E-state index in [-0.39, 0.29) is 5.84 Å². The van der Waals surface area contributed by atoms with Gasteiger partial charge in [0, 0.05) is 5.56 Å². The van der Waals surface area contributed by atoms with Crippen LogP contribution in [-0.4, -0.2) is 11.9 Å². The first-order valence-corrected chi connectivity index (χ1v) is 4.89. The molecule has 0 spiro atoms. The van der Waals surface area contributed by atoms with E-state index in [1.807, 2.05) is 6.07 Å². The normalized spacial score (nSPS) is 10.8. The molecular weight excluding hydrogens is 204 g/mol. The van der Waals surface area contributed by atoms with E-state index in [0.29, 0.717) is 11.3 Å². The van der Waals surface area contributed by atoms with Crippen LogP contribution in [0.15, 0.2) is 42.2 Å². The highest BCUT2D eigenvalue weighted by molar-refractivity contribution is 6.04. The largest absolute Gasteiger partial charge is 0.417 e. The summed E-state index contributed by atoms with van der Waals surface area (Å²) in [5.41, 5.74) is 0.637. The van der Waals surface area contributed by atoms with Crippen molar-refractivity contribution in [1.82, 2.24) is 5.32 Å². The van der Waals surface area contributed by atoms with Crippen molar-refractivity contribution < 1.29 is 9.53 Å². The molecule has 0 aliphatic rings. The summed E-state index contributed by atoms with van der Waals surface area (Å²) in [6.07, 6.45) is 1.02. The zero-order valence-electron chi connectivity index (χ0n) is 9.28. The molecule has 4 nitrogen and oxygen atoms in total. The van der Waals surface area contributed by atoms with Gasteiger partial charge in [0.1, 0.15) is 11.6 Å². The number of alkyl carbamates (subject to hydrolysis) is 1. The predicted molar refractivity (Wildman–Crippen MR) is 62.3 cm³/mol. The predicted octanol–water partition coefficient (Wildman–Crippen LogP) is 2.66. The van der Waals surface area contributed by atoms with Crippen LogP contribution in [0.2, 0.25) is 0 Å². The molecule has 0 saturated carbocycles. The van der Waals surface area contributed by atoms with Gasteiger partial charge >= 0.3 is 6.09 Å². The van der Waals surface area contributed by atoms with E-state index in [1.54, 1.807) is 44.2 Å². The van der Waals surface area contributed by atoms with Crippen molar-refractivity contribution in [3.8, 4) is 0 Å².